The summed E-state index contributed by atoms with van der Waals surface area (Å²) in [5.41, 5.74) is 3.13. The molecule has 0 unspecified atom stereocenters. The van der Waals surface area contributed by atoms with Gasteiger partial charge in [0.25, 0.3) is 11.8 Å². The van der Waals surface area contributed by atoms with Gasteiger partial charge in [0, 0.05) is 5.70 Å². The molecular weight excluding hydrogens is 745 g/mol. The van der Waals surface area contributed by atoms with Crippen molar-refractivity contribution in [1.82, 2.24) is 10.2 Å². The van der Waals surface area contributed by atoms with Crippen molar-refractivity contribution in [1.29, 1.82) is 0 Å². The number of rotatable bonds is 13. The van der Waals surface area contributed by atoms with E-state index in [9.17, 15) is 18.8 Å². The zero-order valence-electron chi connectivity index (χ0n) is 28.4. The lowest BCUT2D eigenvalue weighted by Crippen LogP contribution is -2.42. The summed E-state index contributed by atoms with van der Waals surface area (Å²) in [7, 11) is 1.46. The van der Waals surface area contributed by atoms with Crippen LogP contribution in [0.4, 0.5) is 4.39 Å². The predicted octanol–water partition coefficient (Wildman–Crippen LogP) is 8.57. The highest BCUT2D eigenvalue weighted by atomic mass is 79.9. The van der Waals surface area contributed by atoms with Crippen molar-refractivity contribution >= 4 is 56.7 Å². The Labute approximate surface area is 314 Å². The number of nitrogens with zero attached hydrogens (tertiary/aromatic N) is 2. The molecule has 0 aromatic heterocycles. The van der Waals surface area contributed by atoms with E-state index in [1.165, 1.54) is 30.2 Å². The van der Waals surface area contributed by atoms with Gasteiger partial charge in [-0.15, -0.1) is 0 Å². The van der Waals surface area contributed by atoms with E-state index in [1.54, 1.807) is 55.5 Å². The predicted molar refractivity (Wildman–Crippen MR) is 207 cm³/mol. The van der Waals surface area contributed by atoms with Crippen LogP contribution in [0.25, 0.3) is 6.08 Å². The van der Waals surface area contributed by atoms with E-state index in [0.29, 0.717) is 32.8 Å². The van der Waals surface area contributed by atoms with Gasteiger partial charge >= 0.3 is 0 Å². The van der Waals surface area contributed by atoms with Gasteiger partial charge in [0.15, 0.2) is 16.7 Å². The van der Waals surface area contributed by atoms with Gasteiger partial charge in [-0.1, -0.05) is 109 Å². The summed E-state index contributed by atoms with van der Waals surface area (Å²) in [4.78, 5) is 46.7. The van der Waals surface area contributed by atoms with E-state index in [-0.39, 0.29) is 34.8 Å². The summed E-state index contributed by atoms with van der Waals surface area (Å²) in [5.74, 6) is -1.51. The summed E-state index contributed by atoms with van der Waals surface area (Å²) in [6.07, 6.45) is 8.01. The van der Waals surface area contributed by atoms with Crippen LogP contribution in [-0.2, 0) is 21.0 Å². The normalized spacial score (nSPS) is 14.2. The number of carbonyl (C=O) groups excluding carboxylic acids is 3. The Morgan fingerprint density at radius 1 is 1.02 bits per heavy atom. The number of amidine groups is 1. The number of carbonyl (C=O) groups is 3. The molecule has 0 bridgehead atoms. The minimum Gasteiger partial charge on any atom is -0.493 e. The number of hydrogen-bond acceptors (Lipinski definition) is 6. The first-order valence-electron chi connectivity index (χ1n) is 16.1. The molecule has 11 heteroatoms. The zero-order chi connectivity index (χ0) is 37.0. The minimum atomic E-state index is -0.764. The third-order valence-corrected chi connectivity index (χ3v) is 9.28. The van der Waals surface area contributed by atoms with Crippen LogP contribution >= 0.6 is 27.7 Å². The molecule has 0 spiro atoms. The van der Waals surface area contributed by atoms with Gasteiger partial charge in [0.1, 0.15) is 18.0 Å². The molecule has 4 aromatic carbocycles. The Kier molecular flexibility index (Phi) is 13.1. The zero-order valence-corrected chi connectivity index (χ0v) is 30.8. The number of allylic oxidation sites excluding steroid dienone is 4. The Balaban J connectivity index is 1.41. The van der Waals surface area contributed by atoms with Crippen molar-refractivity contribution < 1.29 is 28.2 Å². The Morgan fingerprint density at radius 2 is 1.71 bits per heavy atom. The van der Waals surface area contributed by atoms with Gasteiger partial charge in [-0.2, -0.15) is 4.99 Å². The molecule has 0 saturated heterocycles. The summed E-state index contributed by atoms with van der Waals surface area (Å²) in [6, 6.07) is 28.1. The molecule has 1 N–H and O–H groups in total. The van der Waals surface area contributed by atoms with Gasteiger partial charge in [0.05, 0.1) is 23.4 Å². The molecule has 8 nitrogen and oxygen atoms in total. The summed E-state index contributed by atoms with van der Waals surface area (Å²) in [5, 5.41) is 3.14. The number of nitrogens with one attached hydrogen (secondary N) is 1. The third-order valence-electron chi connectivity index (χ3n) is 7.75. The molecule has 5 rings (SSSR count). The highest BCUT2D eigenvalue weighted by molar-refractivity contribution is 9.10. The fraction of sp³-hybridized carbons (Fsp3) is 0.122. The third kappa shape index (κ3) is 9.42. The number of benzene rings is 4. The maximum Gasteiger partial charge on any atom is 0.285 e. The van der Waals surface area contributed by atoms with Crippen LogP contribution in [0.1, 0.15) is 35.2 Å². The number of ether oxygens (including phenoxy) is 2. The van der Waals surface area contributed by atoms with Gasteiger partial charge in [-0.05, 0) is 81.5 Å². The molecule has 0 saturated carbocycles. The molecule has 1 aliphatic rings. The van der Waals surface area contributed by atoms with Gasteiger partial charge in [-0.25, -0.2) is 4.39 Å². The van der Waals surface area contributed by atoms with E-state index >= 15 is 0 Å². The molecule has 3 amide bonds. The van der Waals surface area contributed by atoms with Crippen LogP contribution in [-0.4, -0.2) is 40.7 Å². The van der Waals surface area contributed by atoms with Crippen molar-refractivity contribution in [2.45, 2.75) is 19.6 Å². The Hall–Kier alpha value is -5.52. The molecule has 1 aliphatic heterocycles. The average molecular weight is 781 g/mol. The molecule has 0 atom stereocenters. The molecule has 52 heavy (non-hydrogen) atoms. The van der Waals surface area contributed by atoms with Crippen LogP contribution in [0.15, 0.2) is 149 Å². The number of thioether (sulfide) groups is 1. The molecule has 264 valence electrons. The lowest BCUT2D eigenvalue weighted by atomic mass is 9.99. The molecule has 0 fully saturated rings. The number of hydrogen-bond donors (Lipinski definition) is 1. The number of halogens is 2. The number of amides is 3. The molecule has 4 aromatic rings. The maximum atomic E-state index is 14.1. The highest BCUT2D eigenvalue weighted by Gasteiger charge is 2.35. The fourth-order valence-electron chi connectivity index (χ4n) is 5.31. The topological polar surface area (TPSA) is 97.3 Å². The molecular formula is C41H35BrFN3O5S. The highest BCUT2D eigenvalue weighted by Crippen LogP contribution is 2.38. The maximum absolute atomic E-state index is 14.1. The number of methoxy groups -OCH3 is 1. The van der Waals surface area contributed by atoms with Crippen LogP contribution in [0.2, 0.25) is 0 Å². The van der Waals surface area contributed by atoms with E-state index in [2.05, 4.69) is 32.8 Å². The van der Waals surface area contributed by atoms with E-state index in [1.807, 2.05) is 60.7 Å². The second kappa shape index (κ2) is 18.1. The SMILES string of the molecule is C=C/C=C\C(=C/C)N1C(=O)/C(=C/c2cc(Br)c(OCc3cccc(F)c3)c(OC)c2)C(=O)N=C1SCC(=O)NC(c1ccccc1)c1ccccc1. The minimum absolute atomic E-state index is 0.0555. The monoisotopic (exact) mass is 779 g/mol. The molecule has 0 radical (unpaired) electrons. The lowest BCUT2D eigenvalue weighted by molar-refractivity contribution is -0.126. The second-order valence-corrected chi connectivity index (χ2v) is 13.1. The first-order valence-corrected chi connectivity index (χ1v) is 17.9. The lowest BCUT2D eigenvalue weighted by Gasteiger charge is -2.28. The van der Waals surface area contributed by atoms with Crippen LogP contribution in [0.5, 0.6) is 11.5 Å². The van der Waals surface area contributed by atoms with E-state index < -0.39 is 17.9 Å². The first kappa shape index (κ1) is 37.7. The van der Waals surface area contributed by atoms with Crippen molar-refractivity contribution in [2.75, 3.05) is 12.9 Å². The first-order chi connectivity index (χ1) is 25.2. The van der Waals surface area contributed by atoms with Crippen molar-refractivity contribution in [3.05, 3.63) is 172 Å². The smallest absolute Gasteiger partial charge is 0.285 e. The van der Waals surface area contributed by atoms with Crippen LogP contribution < -0.4 is 14.8 Å². The van der Waals surface area contributed by atoms with Crippen molar-refractivity contribution in [3.8, 4) is 11.5 Å². The van der Waals surface area contributed by atoms with Gasteiger partial charge < -0.3 is 14.8 Å². The van der Waals surface area contributed by atoms with Crippen LogP contribution in [0.3, 0.4) is 0 Å². The Morgan fingerprint density at radius 3 is 2.33 bits per heavy atom. The number of aliphatic imine (C=N–C) groups is 1. The van der Waals surface area contributed by atoms with E-state index in [0.717, 1.165) is 22.9 Å². The largest absolute Gasteiger partial charge is 0.493 e. The molecule has 1 heterocycles. The van der Waals surface area contributed by atoms with E-state index in [4.69, 9.17) is 9.47 Å². The summed E-state index contributed by atoms with van der Waals surface area (Å²) in [6.45, 7) is 5.55. The van der Waals surface area contributed by atoms with Gasteiger partial charge in [0.2, 0.25) is 5.91 Å². The fourth-order valence-corrected chi connectivity index (χ4v) is 6.69. The van der Waals surface area contributed by atoms with Crippen LogP contribution in [0, 0.1) is 5.82 Å². The molecule has 0 aliphatic carbocycles. The van der Waals surface area contributed by atoms with Gasteiger partial charge in [-0.3, -0.25) is 19.3 Å². The average Bonchev–Trinajstić information content (AvgIpc) is 3.15. The summed E-state index contributed by atoms with van der Waals surface area (Å²) >= 11 is 4.48. The Bertz CT molecular complexity index is 2040. The standard InChI is InChI=1S/C41H35BrFN3O5S/c1-4-6-20-32(5-2)46-40(49)33(22-28-23-34(42)38(35(24-28)50-3)51-25-27-14-13-19-31(43)21-27)39(48)45-41(46)52-26-36(47)44-37(29-15-9-7-10-16-29)30-17-11-8-12-18-30/h4-24,37H,1,25-26H2,2-3H3,(H,44,47)/b20-6-,32-5+,33-22+. The summed E-state index contributed by atoms with van der Waals surface area (Å²) < 4.78 is 25.7. The quantitative estimate of drug-likeness (QED) is 0.0830. The second-order valence-electron chi connectivity index (χ2n) is 11.3. The van der Waals surface area contributed by atoms with Crippen molar-refractivity contribution in [2.24, 2.45) is 4.99 Å². The van der Waals surface area contributed by atoms with Crippen molar-refractivity contribution in [3.63, 3.8) is 0 Å².